The maximum Gasteiger partial charge on any atom is 0.365 e. The van der Waals surface area contributed by atoms with E-state index in [-0.39, 0.29) is 5.96 Å². The van der Waals surface area contributed by atoms with Crippen molar-refractivity contribution in [3.63, 3.8) is 0 Å². The Balaban J connectivity index is 2.74. The van der Waals surface area contributed by atoms with Crippen molar-refractivity contribution in [1.29, 1.82) is 5.26 Å². The Morgan fingerprint density at radius 2 is 2.11 bits per heavy atom. The van der Waals surface area contributed by atoms with Gasteiger partial charge in [-0.25, -0.2) is 0 Å². The van der Waals surface area contributed by atoms with Gasteiger partial charge in [-0.2, -0.15) is 5.26 Å². The highest BCUT2D eigenvalue weighted by Gasteiger charge is 2.01. The van der Waals surface area contributed by atoms with E-state index in [2.05, 4.69) is 5.10 Å². The van der Waals surface area contributed by atoms with Crippen molar-refractivity contribution in [2.24, 2.45) is 16.6 Å². The predicted octanol–water partition coefficient (Wildman–Crippen LogP) is 0.619. The van der Waals surface area contributed by atoms with Crippen LogP contribution in [0.2, 0.25) is 0 Å². The molecular weight excluding hydrogens is 242 g/mol. The third kappa shape index (κ3) is 5.08. The maximum absolute atomic E-state index is 8.53. The number of guanidine groups is 1. The minimum absolute atomic E-state index is 0.0671. The zero-order chi connectivity index (χ0) is 14.1. The van der Waals surface area contributed by atoms with Gasteiger partial charge in [-0.1, -0.05) is 0 Å². The van der Waals surface area contributed by atoms with Gasteiger partial charge in [0.05, 0.1) is 25.3 Å². The van der Waals surface area contributed by atoms with Crippen LogP contribution in [0.4, 0.5) is 0 Å². The molecule has 1 aromatic rings. The smallest absolute Gasteiger partial charge is 0.365 e. The van der Waals surface area contributed by atoms with Crippen molar-refractivity contribution in [2.75, 3.05) is 13.2 Å². The van der Waals surface area contributed by atoms with E-state index in [4.69, 9.17) is 21.5 Å². The molecule has 100 valence electrons. The molecule has 6 nitrogen and oxygen atoms in total. The summed E-state index contributed by atoms with van der Waals surface area (Å²) < 4.78 is 6.73. The van der Waals surface area contributed by atoms with Crippen molar-refractivity contribution in [1.82, 2.24) is 0 Å². The van der Waals surface area contributed by atoms with Gasteiger partial charge in [0.15, 0.2) is 0 Å². The van der Waals surface area contributed by atoms with Crippen molar-refractivity contribution in [3.05, 3.63) is 29.8 Å². The zero-order valence-corrected chi connectivity index (χ0v) is 10.9. The standard InChI is InChI=1S/C13H17N5O/c1-2-19-12-6-4-11(5-7-12)10-17-18(13(15)16)9-3-8-14/h4-7,10H,2-3,9H2,1H3,(H3,15,16)/p+1/b17-10-. The van der Waals surface area contributed by atoms with Gasteiger partial charge in [-0.15, -0.1) is 9.79 Å². The normalized spacial score (nSPS) is 10.1. The minimum Gasteiger partial charge on any atom is -0.494 e. The predicted molar refractivity (Wildman–Crippen MR) is 73.9 cm³/mol. The van der Waals surface area contributed by atoms with Gasteiger partial charge in [0.2, 0.25) is 0 Å². The Morgan fingerprint density at radius 3 is 2.63 bits per heavy atom. The summed E-state index contributed by atoms with van der Waals surface area (Å²) in [4.78, 5) is 0. The first-order valence-electron chi connectivity index (χ1n) is 5.96. The van der Waals surface area contributed by atoms with Crippen molar-refractivity contribution >= 4 is 12.2 Å². The first-order chi connectivity index (χ1) is 9.17. The molecule has 0 aliphatic rings. The van der Waals surface area contributed by atoms with Crippen LogP contribution in [-0.2, 0) is 0 Å². The van der Waals surface area contributed by atoms with Crippen LogP contribution in [0.15, 0.2) is 29.4 Å². The van der Waals surface area contributed by atoms with Crippen LogP contribution in [0.25, 0.3) is 0 Å². The number of hydrogen-bond acceptors (Lipinski definition) is 3. The SMILES string of the molecule is CCOc1ccc(/C=N\[N+](CCC#N)=C(N)N)cc1. The summed E-state index contributed by atoms with van der Waals surface area (Å²) in [5.41, 5.74) is 11.9. The first-order valence-corrected chi connectivity index (χ1v) is 5.96. The van der Waals surface area contributed by atoms with Gasteiger partial charge in [-0.3, -0.25) is 11.5 Å². The molecule has 0 spiro atoms. The number of ether oxygens (including phenoxy) is 1. The molecule has 0 atom stereocenters. The molecule has 0 unspecified atom stereocenters. The summed E-state index contributed by atoms with van der Waals surface area (Å²) in [5, 5.41) is 12.7. The molecule has 19 heavy (non-hydrogen) atoms. The van der Waals surface area contributed by atoms with Gasteiger partial charge < -0.3 is 4.74 Å². The van der Waals surface area contributed by atoms with Crippen LogP contribution in [0.5, 0.6) is 5.75 Å². The molecule has 0 aliphatic carbocycles. The molecule has 0 aromatic heterocycles. The van der Waals surface area contributed by atoms with E-state index in [0.717, 1.165) is 11.3 Å². The molecule has 4 N–H and O–H groups in total. The highest BCUT2D eigenvalue weighted by molar-refractivity contribution is 5.79. The zero-order valence-electron chi connectivity index (χ0n) is 10.9. The fraction of sp³-hybridized carbons (Fsp3) is 0.308. The lowest BCUT2D eigenvalue weighted by Crippen LogP contribution is -2.33. The van der Waals surface area contributed by atoms with E-state index in [1.54, 1.807) is 6.21 Å². The van der Waals surface area contributed by atoms with Crippen LogP contribution in [-0.4, -0.2) is 30.0 Å². The molecule has 0 amide bonds. The lowest BCUT2D eigenvalue weighted by atomic mass is 10.2. The molecule has 1 rings (SSSR count). The molecule has 0 bridgehead atoms. The summed E-state index contributed by atoms with van der Waals surface area (Å²) >= 11 is 0. The Bertz CT molecular complexity index is 495. The number of nitrogens with two attached hydrogens (primary N) is 2. The van der Waals surface area contributed by atoms with Crippen LogP contribution >= 0.6 is 0 Å². The monoisotopic (exact) mass is 260 g/mol. The average molecular weight is 260 g/mol. The molecule has 0 heterocycles. The van der Waals surface area contributed by atoms with Gasteiger partial charge in [0.25, 0.3) is 0 Å². The van der Waals surface area contributed by atoms with Crippen molar-refractivity contribution in [3.8, 4) is 11.8 Å². The van der Waals surface area contributed by atoms with Gasteiger partial charge in [-0.05, 0) is 36.8 Å². The van der Waals surface area contributed by atoms with E-state index < -0.39 is 0 Å². The Morgan fingerprint density at radius 1 is 1.42 bits per heavy atom. The quantitative estimate of drug-likeness (QED) is 0.339. The molecule has 0 saturated carbocycles. The summed E-state index contributed by atoms with van der Waals surface area (Å²) in [6, 6.07) is 9.50. The molecule has 0 saturated heterocycles. The van der Waals surface area contributed by atoms with E-state index >= 15 is 0 Å². The Labute approximate surface area is 112 Å². The number of benzene rings is 1. The third-order valence-corrected chi connectivity index (χ3v) is 2.27. The van der Waals surface area contributed by atoms with Gasteiger partial charge >= 0.3 is 5.96 Å². The highest BCUT2D eigenvalue weighted by Crippen LogP contribution is 2.10. The maximum atomic E-state index is 8.53. The summed E-state index contributed by atoms with van der Waals surface area (Å²) in [6.45, 7) is 2.93. The largest absolute Gasteiger partial charge is 0.494 e. The van der Waals surface area contributed by atoms with E-state index in [0.29, 0.717) is 19.6 Å². The lowest BCUT2D eigenvalue weighted by molar-refractivity contribution is -0.533. The second kappa shape index (κ2) is 7.71. The topological polar surface area (TPSA) is 100 Å². The van der Waals surface area contributed by atoms with Crippen LogP contribution in [0.1, 0.15) is 18.9 Å². The van der Waals surface area contributed by atoms with Crippen molar-refractivity contribution < 1.29 is 9.42 Å². The molecule has 6 heteroatoms. The highest BCUT2D eigenvalue weighted by atomic mass is 16.5. The number of rotatable bonds is 6. The fourth-order valence-electron chi connectivity index (χ4n) is 1.36. The van der Waals surface area contributed by atoms with Crippen LogP contribution < -0.4 is 16.2 Å². The van der Waals surface area contributed by atoms with Crippen molar-refractivity contribution in [2.45, 2.75) is 13.3 Å². The lowest BCUT2D eigenvalue weighted by Gasteiger charge is -2.02. The second-order valence-electron chi connectivity index (χ2n) is 3.70. The Hall–Kier alpha value is -2.55. The second-order valence-corrected chi connectivity index (χ2v) is 3.70. The van der Waals surface area contributed by atoms with E-state index in [1.165, 1.54) is 4.68 Å². The third-order valence-electron chi connectivity index (χ3n) is 2.27. The summed E-state index contributed by atoms with van der Waals surface area (Å²) in [6.07, 6.45) is 1.94. The molecule has 0 aliphatic heterocycles. The fourth-order valence-corrected chi connectivity index (χ4v) is 1.36. The van der Waals surface area contributed by atoms with E-state index in [1.807, 2.05) is 37.3 Å². The van der Waals surface area contributed by atoms with Crippen LogP contribution in [0.3, 0.4) is 0 Å². The van der Waals surface area contributed by atoms with Gasteiger partial charge in [0.1, 0.15) is 12.3 Å². The van der Waals surface area contributed by atoms with E-state index in [9.17, 15) is 0 Å². The van der Waals surface area contributed by atoms with Gasteiger partial charge in [0, 0.05) is 0 Å². The van der Waals surface area contributed by atoms with Crippen LogP contribution in [0, 0.1) is 11.3 Å². The summed E-state index contributed by atoms with van der Waals surface area (Å²) in [7, 11) is 0. The summed E-state index contributed by atoms with van der Waals surface area (Å²) in [5.74, 6) is 0.878. The number of nitriles is 1. The number of hydrazone groups is 1. The number of nitrogens with zero attached hydrogens (tertiary/aromatic N) is 3. The Kier molecular flexibility index (Phi) is 5.89. The first kappa shape index (κ1) is 14.5. The molecular formula is C13H18N5O+. The minimum atomic E-state index is 0.0671. The molecule has 0 fully saturated rings. The average Bonchev–Trinajstić information content (AvgIpc) is 2.40. The molecule has 1 aromatic carbocycles. The molecule has 0 radical (unpaired) electrons. The number of hydrogen-bond donors (Lipinski definition) is 2.